The van der Waals surface area contributed by atoms with Crippen LogP contribution in [0.3, 0.4) is 0 Å². The van der Waals surface area contributed by atoms with E-state index in [1.807, 2.05) is 12.1 Å². The number of rotatable bonds is 1. The van der Waals surface area contributed by atoms with Gasteiger partial charge in [-0.2, -0.15) is 5.26 Å². The summed E-state index contributed by atoms with van der Waals surface area (Å²) < 4.78 is 0. The number of carbonyl (C=O) groups excluding carboxylic acids is 1. The van der Waals surface area contributed by atoms with Crippen molar-refractivity contribution in [3.05, 3.63) is 28.8 Å². The lowest BCUT2D eigenvalue weighted by Gasteiger charge is -2.42. The summed E-state index contributed by atoms with van der Waals surface area (Å²) in [4.78, 5) is 13.7. The van der Waals surface area contributed by atoms with Crippen LogP contribution in [0.2, 0.25) is 5.02 Å². The lowest BCUT2D eigenvalue weighted by molar-refractivity contribution is -0.124. The fourth-order valence-electron chi connectivity index (χ4n) is 3.14. The number of hydrogen-bond acceptors (Lipinski definition) is 3. The molecule has 2 atom stereocenters. The van der Waals surface area contributed by atoms with Gasteiger partial charge in [0.15, 0.2) is 0 Å². The van der Waals surface area contributed by atoms with Gasteiger partial charge in [-0.1, -0.05) is 11.6 Å². The zero-order valence-electron chi connectivity index (χ0n) is 11.1. The largest absolute Gasteiger partial charge is 0.371 e. The average Bonchev–Trinajstić information content (AvgIpc) is 2.46. The van der Waals surface area contributed by atoms with E-state index in [1.54, 1.807) is 6.07 Å². The summed E-state index contributed by atoms with van der Waals surface area (Å²) in [6, 6.07) is 7.98. The normalized spacial score (nSPS) is 25.6. The van der Waals surface area contributed by atoms with Gasteiger partial charge in [0.25, 0.3) is 0 Å². The molecule has 1 N–H and O–H groups in total. The molecule has 5 heteroatoms. The monoisotopic (exact) mass is 289 g/mol. The Bertz CT molecular complexity index is 581. The molecular weight excluding hydrogens is 274 g/mol. The Hall–Kier alpha value is -1.73. The molecule has 1 aromatic rings. The van der Waals surface area contributed by atoms with Crippen molar-refractivity contribution in [2.45, 2.75) is 25.3 Å². The number of nitrogens with zero attached hydrogens (tertiary/aromatic N) is 2. The van der Waals surface area contributed by atoms with E-state index in [0.717, 1.165) is 31.6 Å². The third kappa shape index (κ3) is 2.46. The molecule has 2 saturated heterocycles. The van der Waals surface area contributed by atoms with Gasteiger partial charge in [-0.25, -0.2) is 0 Å². The number of nitriles is 1. The van der Waals surface area contributed by atoms with Gasteiger partial charge in [-0.3, -0.25) is 4.79 Å². The van der Waals surface area contributed by atoms with Crippen LogP contribution in [-0.4, -0.2) is 25.0 Å². The highest BCUT2D eigenvalue weighted by atomic mass is 35.5. The maximum atomic E-state index is 11.4. The van der Waals surface area contributed by atoms with Gasteiger partial charge in [0.1, 0.15) is 6.07 Å². The molecule has 0 radical (unpaired) electrons. The van der Waals surface area contributed by atoms with E-state index >= 15 is 0 Å². The van der Waals surface area contributed by atoms with Crippen LogP contribution in [0.15, 0.2) is 18.2 Å². The molecule has 2 aliphatic heterocycles. The Kier molecular flexibility index (Phi) is 3.54. The number of anilines is 1. The van der Waals surface area contributed by atoms with Crippen molar-refractivity contribution >= 4 is 23.2 Å². The van der Waals surface area contributed by atoms with Crippen molar-refractivity contribution in [1.29, 1.82) is 5.26 Å². The van der Waals surface area contributed by atoms with Crippen molar-refractivity contribution in [1.82, 2.24) is 5.32 Å². The summed E-state index contributed by atoms with van der Waals surface area (Å²) in [5.74, 6) is 0.692. The molecule has 2 unspecified atom stereocenters. The third-order valence-electron chi connectivity index (χ3n) is 4.26. The molecule has 1 aromatic carbocycles. The van der Waals surface area contributed by atoms with Crippen LogP contribution in [0.25, 0.3) is 0 Å². The molecule has 0 saturated carbocycles. The minimum Gasteiger partial charge on any atom is -0.371 e. The SMILES string of the molecule is N#Cc1ccc(N2CCC3NC(=O)CCC3C2)cc1Cl. The molecule has 2 heterocycles. The average molecular weight is 290 g/mol. The zero-order chi connectivity index (χ0) is 14.1. The standard InChI is InChI=1S/C15H16ClN3O/c16-13-7-12(3-1-10(13)8-17)19-6-5-14-11(9-19)2-4-15(20)18-14/h1,3,7,11,14H,2,4-6,9H2,(H,18,20). The molecule has 4 nitrogen and oxygen atoms in total. The summed E-state index contributed by atoms with van der Waals surface area (Å²) in [6.45, 7) is 1.84. The van der Waals surface area contributed by atoms with Gasteiger partial charge in [0.2, 0.25) is 5.91 Å². The van der Waals surface area contributed by atoms with Crippen molar-refractivity contribution in [3.63, 3.8) is 0 Å². The molecule has 20 heavy (non-hydrogen) atoms. The van der Waals surface area contributed by atoms with Gasteiger partial charge < -0.3 is 10.2 Å². The Morgan fingerprint density at radius 2 is 2.25 bits per heavy atom. The van der Waals surface area contributed by atoms with E-state index in [2.05, 4.69) is 16.3 Å². The Balaban J connectivity index is 1.75. The van der Waals surface area contributed by atoms with Crippen LogP contribution in [0.5, 0.6) is 0 Å². The molecule has 0 aliphatic carbocycles. The van der Waals surface area contributed by atoms with Crippen LogP contribution in [-0.2, 0) is 4.79 Å². The molecule has 1 amide bonds. The molecule has 2 aliphatic rings. The first kappa shape index (κ1) is 13.3. The zero-order valence-corrected chi connectivity index (χ0v) is 11.9. The molecule has 0 aromatic heterocycles. The smallest absolute Gasteiger partial charge is 0.220 e. The molecule has 104 valence electrons. The van der Waals surface area contributed by atoms with Gasteiger partial charge in [0, 0.05) is 31.2 Å². The second kappa shape index (κ2) is 5.34. The fraction of sp³-hybridized carbons (Fsp3) is 0.467. The maximum absolute atomic E-state index is 11.4. The van der Waals surface area contributed by atoms with Gasteiger partial charge in [0.05, 0.1) is 10.6 Å². The molecule has 2 fully saturated rings. The van der Waals surface area contributed by atoms with E-state index in [4.69, 9.17) is 16.9 Å². The summed E-state index contributed by atoms with van der Waals surface area (Å²) in [7, 11) is 0. The van der Waals surface area contributed by atoms with Crippen molar-refractivity contribution in [3.8, 4) is 6.07 Å². The Morgan fingerprint density at radius 3 is 3.00 bits per heavy atom. The van der Waals surface area contributed by atoms with E-state index in [9.17, 15) is 4.79 Å². The predicted molar refractivity (Wildman–Crippen MR) is 77.7 cm³/mol. The van der Waals surface area contributed by atoms with Crippen molar-refractivity contribution in [2.24, 2.45) is 5.92 Å². The number of nitrogens with one attached hydrogen (secondary N) is 1. The predicted octanol–water partition coefficient (Wildman–Crippen LogP) is 2.32. The quantitative estimate of drug-likeness (QED) is 0.863. The lowest BCUT2D eigenvalue weighted by Crippen LogP contribution is -2.54. The molecule has 0 bridgehead atoms. The highest BCUT2D eigenvalue weighted by Crippen LogP contribution is 2.30. The number of carbonyl (C=O) groups is 1. The van der Waals surface area contributed by atoms with Gasteiger partial charge in [-0.15, -0.1) is 0 Å². The molecular formula is C15H16ClN3O. The topological polar surface area (TPSA) is 56.1 Å². The lowest BCUT2D eigenvalue weighted by atomic mass is 9.85. The van der Waals surface area contributed by atoms with Crippen LogP contribution >= 0.6 is 11.6 Å². The Morgan fingerprint density at radius 1 is 1.40 bits per heavy atom. The highest BCUT2D eigenvalue weighted by Gasteiger charge is 2.33. The van der Waals surface area contributed by atoms with Crippen LogP contribution in [0.1, 0.15) is 24.8 Å². The third-order valence-corrected chi connectivity index (χ3v) is 4.57. The van der Waals surface area contributed by atoms with Crippen LogP contribution in [0.4, 0.5) is 5.69 Å². The second-order valence-electron chi connectivity index (χ2n) is 5.48. The van der Waals surface area contributed by atoms with Gasteiger partial charge >= 0.3 is 0 Å². The number of halogens is 1. The Labute approximate surface area is 123 Å². The first-order valence-electron chi connectivity index (χ1n) is 6.91. The minimum atomic E-state index is 0.182. The summed E-state index contributed by atoms with van der Waals surface area (Å²) in [5.41, 5.74) is 1.57. The van der Waals surface area contributed by atoms with E-state index < -0.39 is 0 Å². The van der Waals surface area contributed by atoms with Crippen LogP contribution in [0, 0.1) is 17.2 Å². The number of benzene rings is 1. The first-order chi connectivity index (χ1) is 9.67. The van der Waals surface area contributed by atoms with Crippen molar-refractivity contribution < 1.29 is 4.79 Å². The van der Waals surface area contributed by atoms with E-state index in [1.165, 1.54) is 0 Å². The highest BCUT2D eigenvalue weighted by molar-refractivity contribution is 6.32. The minimum absolute atomic E-state index is 0.182. The summed E-state index contributed by atoms with van der Waals surface area (Å²) in [6.07, 6.45) is 2.55. The fourth-order valence-corrected chi connectivity index (χ4v) is 3.35. The number of piperidine rings is 2. The van der Waals surface area contributed by atoms with Crippen molar-refractivity contribution in [2.75, 3.05) is 18.0 Å². The summed E-state index contributed by atoms with van der Waals surface area (Å²) >= 11 is 6.10. The van der Waals surface area contributed by atoms with Crippen LogP contribution < -0.4 is 10.2 Å². The number of hydrogen-bond donors (Lipinski definition) is 1. The number of fused-ring (bicyclic) bond motifs is 1. The number of amides is 1. The second-order valence-corrected chi connectivity index (χ2v) is 5.89. The summed E-state index contributed by atoms with van der Waals surface area (Å²) in [5, 5.41) is 12.5. The van der Waals surface area contributed by atoms with E-state index in [0.29, 0.717) is 29.0 Å². The van der Waals surface area contributed by atoms with E-state index in [-0.39, 0.29) is 5.91 Å². The maximum Gasteiger partial charge on any atom is 0.220 e. The molecule has 3 rings (SSSR count). The van der Waals surface area contributed by atoms with Gasteiger partial charge in [-0.05, 0) is 37.0 Å². The molecule has 0 spiro atoms. The first-order valence-corrected chi connectivity index (χ1v) is 7.29.